The van der Waals surface area contributed by atoms with Crippen molar-refractivity contribution in [2.75, 3.05) is 0 Å². The molecule has 0 fully saturated rings. The van der Waals surface area contributed by atoms with Gasteiger partial charge < -0.3 is 0 Å². The predicted octanol–water partition coefficient (Wildman–Crippen LogP) is 4.53. The van der Waals surface area contributed by atoms with Crippen LogP contribution in [0, 0.1) is 0 Å². The molecule has 2 aromatic carbocycles. The first-order valence-electron chi connectivity index (χ1n) is 6.45. The first-order valence-corrected chi connectivity index (χ1v) is 9.11. The molecule has 6 heteroatoms. The molecule has 2 rings (SSSR count). The van der Waals surface area contributed by atoms with Gasteiger partial charge in [-0.3, -0.25) is 0 Å². The second kappa shape index (κ2) is 6.92. The lowest BCUT2D eigenvalue weighted by Crippen LogP contribution is -2.28. The molecule has 1 N–H and O–H groups in total. The van der Waals surface area contributed by atoms with Gasteiger partial charge in [-0.1, -0.05) is 46.6 Å². The maximum atomic E-state index is 12.4. The van der Waals surface area contributed by atoms with Crippen molar-refractivity contribution in [3.8, 4) is 0 Å². The SMILES string of the molecule is CC[C@@H](NS(=O)(=O)c1ccc(Br)cc1)c1ccc(Cl)cc1. The lowest BCUT2D eigenvalue weighted by atomic mass is 10.1. The highest BCUT2D eigenvalue weighted by Crippen LogP contribution is 2.22. The highest BCUT2D eigenvalue weighted by atomic mass is 79.9. The Morgan fingerprint density at radius 1 is 1.10 bits per heavy atom. The zero-order valence-corrected chi connectivity index (χ0v) is 14.5. The summed E-state index contributed by atoms with van der Waals surface area (Å²) in [5, 5.41) is 0.629. The molecule has 0 spiro atoms. The van der Waals surface area contributed by atoms with E-state index in [0.29, 0.717) is 11.4 Å². The minimum absolute atomic E-state index is 0.248. The summed E-state index contributed by atoms with van der Waals surface area (Å²) < 4.78 is 28.4. The Balaban J connectivity index is 2.24. The fraction of sp³-hybridized carbons (Fsp3) is 0.200. The maximum absolute atomic E-state index is 12.4. The van der Waals surface area contributed by atoms with Crippen LogP contribution in [0.1, 0.15) is 24.9 Å². The monoisotopic (exact) mass is 387 g/mol. The van der Waals surface area contributed by atoms with E-state index in [1.807, 2.05) is 19.1 Å². The molecule has 0 amide bonds. The van der Waals surface area contributed by atoms with Crippen molar-refractivity contribution in [3.63, 3.8) is 0 Å². The van der Waals surface area contributed by atoms with Crippen LogP contribution in [0.3, 0.4) is 0 Å². The molecule has 0 radical (unpaired) electrons. The molecule has 3 nitrogen and oxygen atoms in total. The van der Waals surface area contributed by atoms with E-state index >= 15 is 0 Å². The fourth-order valence-corrected chi connectivity index (χ4v) is 3.65. The second-order valence-electron chi connectivity index (χ2n) is 4.59. The molecule has 21 heavy (non-hydrogen) atoms. The average molecular weight is 389 g/mol. The highest BCUT2D eigenvalue weighted by Gasteiger charge is 2.20. The van der Waals surface area contributed by atoms with Crippen molar-refractivity contribution in [1.29, 1.82) is 0 Å². The zero-order chi connectivity index (χ0) is 15.5. The topological polar surface area (TPSA) is 46.2 Å². The number of hydrogen-bond donors (Lipinski definition) is 1. The summed E-state index contributed by atoms with van der Waals surface area (Å²) in [4.78, 5) is 0.248. The molecule has 112 valence electrons. The van der Waals surface area contributed by atoms with E-state index in [1.54, 1.807) is 36.4 Å². The van der Waals surface area contributed by atoms with Gasteiger partial charge in [-0.15, -0.1) is 0 Å². The molecular formula is C15H15BrClNO2S. The van der Waals surface area contributed by atoms with E-state index in [-0.39, 0.29) is 10.9 Å². The van der Waals surface area contributed by atoms with Crippen LogP contribution in [0.25, 0.3) is 0 Å². The maximum Gasteiger partial charge on any atom is 0.241 e. The van der Waals surface area contributed by atoms with E-state index < -0.39 is 10.0 Å². The first kappa shape index (κ1) is 16.5. The van der Waals surface area contributed by atoms with E-state index in [1.165, 1.54) is 0 Å². The molecule has 0 unspecified atom stereocenters. The third-order valence-corrected chi connectivity index (χ3v) is 5.37. The van der Waals surface area contributed by atoms with Gasteiger partial charge in [0, 0.05) is 15.5 Å². The van der Waals surface area contributed by atoms with E-state index in [2.05, 4.69) is 20.7 Å². The molecule has 0 aromatic heterocycles. The number of benzene rings is 2. The van der Waals surface area contributed by atoms with Crippen LogP contribution in [0.2, 0.25) is 5.02 Å². The number of nitrogens with one attached hydrogen (secondary N) is 1. The van der Waals surface area contributed by atoms with Crippen LogP contribution >= 0.6 is 27.5 Å². The molecule has 1 atom stereocenters. The molecule has 0 aliphatic rings. The van der Waals surface area contributed by atoms with Crippen molar-refractivity contribution < 1.29 is 8.42 Å². The third kappa shape index (κ3) is 4.30. The third-order valence-electron chi connectivity index (χ3n) is 3.10. The Bertz CT molecular complexity index is 699. The standard InChI is InChI=1S/C15H15BrClNO2S/c1-2-15(11-3-7-13(17)8-4-11)18-21(19,20)14-9-5-12(16)6-10-14/h3-10,15,18H,2H2,1H3/t15-/m1/s1. The molecule has 0 bridgehead atoms. The van der Waals surface area contributed by atoms with Gasteiger partial charge in [-0.25, -0.2) is 13.1 Å². The predicted molar refractivity (Wildman–Crippen MR) is 88.9 cm³/mol. The van der Waals surface area contributed by atoms with E-state index in [4.69, 9.17) is 11.6 Å². The van der Waals surface area contributed by atoms with Crippen LogP contribution in [0.5, 0.6) is 0 Å². The van der Waals surface area contributed by atoms with Gasteiger partial charge in [0.1, 0.15) is 0 Å². The normalized spacial score (nSPS) is 13.1. The quantitative estimate of drug-likeness (QED) is 0.818. The molecule has 2 aromatic rings. The largest absolute Gasteiger partial charge is 0.241 e. The Kier molecular flexibility index (Phi) is 5.43. The smallest absolute Gasteiger partial charge is 0.207 e. The molecule has 0 saturated carbocycles. The van der Waals surface area contributed by atoms with Crippen molar-refractivity contribution in [2.24, 2.45) is 0 Å². The van der Waals surface area contributed by atoms with Gasteiger partial charge in [0.05, 0.1) is 4.90 Å². The Morgan fingerprint density at radius 2 is 1.67 bits per heavy atom. The summed E-state index contributed by atoms with van der Waals surface area (Å²) in [5.41, 5.74) is 0.891. The highest BCUT2D eigenvalue weighted by molar-refractivity contribution is 9.10. The van der Waals surface area contributed by atoms with Crippen molar-refractivity contribution in [2.45, 2.75) is 24.3 Å². The van der Waals surface area contributed by atoms with Crippen LogP contribution in [0.15, 0.2) is 57.9 Å². The summed E-state index contributed by atoms with van der Waals surface area (Å²) in [7, 11) is -3.55. The summed E-state index contributed by atoms with van der Waals surface area (Å²) in [6, 6.07) is 13.5. The van der Waals surface area contributed by atoms with Gasteiger partial charge in [-0.05, 0) is 48.4 Å². The van der Waals surface area contributed by atoms with Gasteiger partial charge in [0.25, 0.3) is 0 Å². The number of rotatable bonds is 5. The van der Waals surface area contributed by atoms with Crippen LogP contribution in [-0.2, 0) is 10.0 Å². The average Bonchev–Trinajstić information content (AvgIpc) is 2.46. The molecule has 0 aliphatic carbocycles. The molecule has 0 saturated heterocycles. The van der Waals surface area contributed by atoms with E-state index in [9.17, 15) is 8.42 Å². The summed E-state index contributed by atoms with van der Waals surface area (Å²) in [6.07, 6.45) is 0.650. The number of hydrogen-bond acceptors (Lipinski definition) is 2. The molecular weight excluding hydrogens is 374 g/mol. The molecule has 0 aliphatic heterocycles. The first-order chi connectivity index (χ1) is 9.92. The van der Waals surface area contributed by atoms with Crippen LogP contribution in [0.4, 0.5) is 0 Å². The van der Waals surface area contributed by atoms with Crippen molar-refractivity contribution in [1.82, 2.24) is 4.72 Å². The second-order valence-corrected chi connectivity index (χ2v) is 7.65. The van der Waals surface area contributed by atoms with Gasteiger partial charge >= 0.3 is 0 Å². The minimum atomic E-state index is -3.55. The van der Waals surface area contributed by atoms with Gasteiger partial charge in [0.2, 0.25) is 10.0 Å². The van der Waals surface area contributed by atoms with Crippen molar-refractivity contribution >= 4 is 37.6 Å². The fourth-order valence-electron chi connectivity index (χ4n) is 1.95. The lowest BCUT2D eigenvalue weighted by Gasteiger charge is -2.17. The van der Waals surface area contributed by atoms with Gasteiger partial charge in [-0.2, -0.15) is 0 Å². The summed E-state index contributed by atoms with van der Waals surface area (Å²) >= 11 is 9.15. The number of sulfonamides is 1. The van der Waals surface area contributed by atoms with Crippen LogP contribution < -0.4 is 4.72 Å². The molecule has 0 heterocycles. The lowest BCUT2D eigenvalue weighted by molar-refractivity contribution is 0.550. The van der Waals surface area contributed by atoms with Crippen LogP contribution in [-0.4, -0.2) is 8.42 Å². The van der Waals surface area contributed by atoms with Crippen molar-refractivity contribution in [3.05, 3.63) is 63.6 Å². The minimum Gasteiger partial charge on any atom is -0.207 e. The Hall–Kier alpha value is -0.880. The van der Waals surface area contributed by atoms with Gasteiger partial charge in [0.15, 0.2) is 0 Å². The Morgan fingerprint density at radius 3 is 2.19 bits per heavy atom. The summed E-state index contributed by atoms with van der Waals surface area (Å²) in [6.45, 7) is 1.93. The zero-order valence-electron chi connectivity index (χ0n) is 11.4. The summed E-state index contributed by atoms with van der Waals surface area (Å²) in [5.74, 6) is 0. The number of halogens is 2. The van der Waals surface area contributed by atoms with E-state index in [0.717, 1.165) is 10.0 Å². The Labute approximate surface area is 138 Å².